The van der Waals surface area contributed by atoms with Gasteiger partial charge >= 0.3 is 0 Å². The lowest BCUT2D eigenvalue weighted by molar-refractivity contribution is 0.563. The zero-order valence-corrected chi connectivity index (χ0v) is 10.3. The van der Waals surface area contributed by atoms with Gasteiger partial charge in [-0.3, -0.25) is 0 Å². The number of unbranched alkanes of at least 4 members (excludes halogenated alkanes) is 2. The molecule has 1 N–H and O–H groups in total. The average molecular weight is 198 g/mol. The highest BCUT2D eigenvalue weighted by molar-refractivity contribution is 6.77. The molecule has 0 bridgehead atoms. The Morgan fingerprint density at radius 2 is 2.00 bits per heavy atom. The largest absolute Gasteiger partial charge is 0.428 e. The van der Waals surface area contributed by atoms with Crippen molar-refractivity contribution in [2.75, 3.05) is 0 Å². The molecule has 0 saturated heterocycles. The molecule has 0 aromatic rings. The summed E-state index contributed by atoms with van der Waals surface area (Å²) in [6, 6.07) is 0. The van der Waals surface area contributed by atoms with Crippen molar-refractivity contribution in [3.05, 3.63) is 23.4 Å². The van der Waals surface area contributed by atoms with Crippen molar-refractivity contribution in [3.8, 4) is 0 Å². The van der Waals surface area contributed by atoms with Crippen molar-refractivity contribution in [2.24, 2.45) is 0 Å². The fraction of sp³-hybridized carbons (Fsp3) is 0.636. The highest BCUT2D eigenvalue weighted by Crippen LogP contribution is 2.14. The first-order valence-corrected chi connectivity index (χ1v) is 8.02. The Morgan fingerprint density at radius 1 is 1.38 bits per heavy atom. The fourth-order valence-electron chi connectivity index (χ4n) is 1.16. The van der Waals surface area contributed by atoms with Gasteiger partial charge in [-0.25, -0.2) is 0 Å². The van der Waals surface area contributed by atoms with Gasteiger partial charge in [0.2, 0.25) is 8.32 Å². The van der Waals surface area contributed by atoms with E-state index in [-0.39, 0.29) is 0 Å². The quantitative estimate of drug-likeness (QED) is 0.408. The van der Waals surface area contributed by atoms with Crippen molar-refractivity contribution in [1.29, 1.82) is 0 Å². The van der Waals surface area contributed by atoms with E-state index >= 15 is 0 Å². The summed E-state index contributed by atoms with van der Waals surface area (Å²) >= 11 is 0. The molecule has 0 aliphatic carbocycles. The first-order chi connectivity index (χ1) is 6.02. The van der Waals surface area contributed by atoms with Crippen LogP contribution in [0.5, 0.6) is 0 Å². The lowest BCUT2D eigenvalue weighted by atomic mass is 10.2. The van der Waals surface area contributed by atoms with Crippen LogP contribution in [0, 0.1) is 0 Å². The maximum Gasteiger partial charge on any atom is 0.213 e. The smallest absolute Gasteiger partial charge is 0.213 e. The third kappa shape index (κ3) is 5.83. The van der Waals surface area contributed by atoms with Crippen LogP contribution in [0.1, 0.15) is 33.1 Å². The second-order valence-corrected chi connectivity index (χ2v) is 7.56. The van der Waals surface area contributed by atoms with Crippen molar-refractivity contribution in [3.63, 3.8) is 0 Å². The molecule has 0 spiro atoms. The maximum atomic E-state index is 9.93. The zero-order valence-electron chi connectivity index (χ0n) is 9.30. The number of rotatable bonds is 5. The lowest BCUT2D eigenvalue weighted by Crippen LogP contribution is -2.27. The van der Waals surface area contributed by atoms with E-state index in [4.69, 9.17) is 0 Å². The Morgan fingerprint density at radius 3 is 2.38 bits per heavy atom. The second kappa shape index (κ2) is 6.16. The predicted molar refractivity (Wildman–Crippen MR) is 62.1 cm³/mol. The Labute approximate surface area is 83.3 Å². The molecule has 0 unspecified atom stereocenters. The molecule has 0 atom stereocenters. The van der Waals surface area contributed by atoms with Crippen LogP contribution in [0.15, 0.2) is 23.4 Å². The van der Waals surface area contributed by atoms with Gasteiger partial charge in [-0.15, -0.1) is 0 Å². The van der Waals surface area contributed by atoms with Crippen molar-refractivity contribution < 1.29 is 4.80 Å². The molecule has 13 heavy (non-hydrogen) atoms. The van der Waals surface area contributed by atoms with Gasteiger partial charge in [-0.2, -0.15) is 0 Å². The van der Waals surface area contributed by atoms with Crippen LogP contribution < -0.4 is 0 Å². The van der Waals surface area contributed by atoms with Crippen LogP contribution in [0.4, 0.5) is 0 Å². The van der Waals surface area contributed by atoms with Gasteiger partial charge in [-0.1, -0.05) is 38.0 Å². The third-order valence-corrected chi connectivity index (χ3v) is 3.76. The van der Waals surface area contributed by atoms with Crippen molar-refractivity contribution >= 4 is 8.32 Å². The van der Waals surface area contributed by atoms with Crippen LogP contribution in [-0.4, -0.2) is 13.1 Å². The van der Waals surface area contributed by atoms with Gasteiger partial charge in [0.1, 0.15) is 0 Å². The molecule has 0 aliphatic rings. The van der Waals surface area contributed by atoms with E-state index in [1.54, 1.807) is 0 Å². The molecule has 0 radical (unpaired) electrons. The highest BCUT2D eigenvalue weighted by atomic mass is 28.4. The van der Waals surface area contributed by atoms with Gasteiger partial charge in [-0.05, 0) is 31.6 Å². The molecule has 0 rings (SSSR count). The van der Waals surface area contributed by atoms with E-state index in [0.29, 0.717) is 0 Å². The zero-order chi connectivity index (χ0) is 10.3. The summed E-state index contributed by atoms with van der Waals surface area (Å²) in [5.74, 6) is 0. The molecular weight excluding hydrogens is 176 g/mol. The summed E-state index contributed by atoms with van der Waals surface area (Å²) in [6.07, 6.45) is 9.76. The van der Waals surface area contributed by atoms with Crippen LogP contribution in [0.3, 0.4) is 0 Å². The molecule has 0 heterocycles. The minimum absolute atomic E-state index is 1.09. The highest BCUT2D eigenvalue weighted by Gasteiger charge is 2.20. The second-order valence-electron chi connectivity index (χ2n) is 3.86. The van der Waals surface area contributed by atoms with Crippen molar-refractivity contribution in [2.45, 2.75) is 46.2 Å². The van der Waals surface area contributed by atoms with Crippen LogP contribution in [-0.2, 0) is 0 Å². The van der Waals surface area contributed by atoms with Gasteiger partial charge in [0.25, 0.3) is 0 Å². The Bertz CT molecular complexity index is 187. The minimum Gasteiger partial charge on any atom is -0.428 e. The van der Waals surface area contributed by atoms with Gasteiger partial charge in [0, 0.05) is 0 Å². The molecular formula is C11H22OSi. The summed E-state index contributed by atoms with van der Waals surface area (Å²) < 4.78 is 0. The van der Waals surface area contributed by atoms with E-state index in [2.05, 4.69) is 13.0 Å². The molecule has 0 saturated carbocycles. The number of allylic oxidation sites excluding steroid dienone is 4. The average Bonchev–Trinajstić information content (AvgIpc) is 2.01. The van der Waals surface area contributed by atoms with E-state index in [0.717, 1.165) is 11.6 Å². The molecule has 76 valence electrons. The minimum atomic E-state index is -2.08. The third-order valence-electron chi connectivity index (χ3n) is 1.97. The standard InChI is InChI=1S/C11H22OSi/c1-5-7-8-10-11(9-6-2)13(3,4)12/h6,9-10,12H,5,7-8H2,1-4H3/b9-6-,11-10+. The SMILES string of the molecule is C/C=C\C(=C/CCCC)[Si](C)(C)O. The van der Waals surface area contributed by atoms with Gasteiger partial charge in [0.15, 0.2) is 0 Å². The molecule has 0 aromatic heterocycles. The summed E-state index contributed by atoms with van der Waals surface area (Å²) in [5, 5.41) is 1.16. The van der Waals surface area contributed by atoms with Crippen LogP contribution in [0.2, 0.25) is 13.1 Å². The first-order valence-electron chi connectivity index (χ1n) is 5.08. The van der Waals surface area contributed by atoms with Crippen LogP contribution in [0.25, 0.3) is 0 Å². The lowest BCUT2D eigenvalue weighted by Gasteiger charge is -2.15. The predicted octanol–water partition coefficient (Wildman–Crippen LogP) is 3.42. The molecule has 0 amide bonds. The number of hydrogen-bond donors (Lipinski definition) is 1. The van der Waals surface area contributed by atoms with E-state index < -0.39 is 8.32 Å². The summed E-state index contributed by atoms with van der Waals surface area (Å²) in [4.78, 5) is 9.93. The maximum absolute atomic E-state index is 9.93. The summed E-state index contributed by atoms with van der Waals surface area (Å²) in [5.41, 5.74) is 0. The molecule has 2 heteroatoms. The Kier molecular flexibility index (Phi) is 6.00. The van der Waals surface area contributed by atoms with E-state index in [1.807, 2.05) is 32.2 Å². The Hall–Kier alpha value is -0.343. The molecule has 0 fully saturated rings. The summed E-state index contributed by atoms with van der Waals surface area (Å²) in [7, 11) is -2.08. The van der Waals surface area contributed by atoms with Gasteiger partial charge < -0.3 is 4.80 Å². The monoisotopic (exact) mass is 198 g/mol. The first kappa shape index (κ1) is 12.7. The summed E-state index contributed by atoms with van der Waals surface area (Å²) in [6.45, 7) is 8.11. The molecule has 0 aromatic carbocycles. The van der Waals surface area contributed by atoms with Crippen LogP contribution >= 0.6 is 0 Å². The molecule has 1 nitrogen and oxygen atoms in total. The molecule has 0 aliphatic heterocycles. The number of hydrogen-bond acceptors (Lipinski definition) is 1. The van der Waals surface area contributed by atoms with E-state index in [1.165, 1.54) is 12.8 Å². The Balaban J connectivity index is 4.33. The van der Waals surface area contributed by atoms with Crippen molar-refractivity contribution in [1.82, 2.24) is 0 Å². The van der Waals surface area contributed by atoms with E-state index in [9.17, 15) is 4.80 Å². The topological polar surface area (TPSA) is 20.2 Å². The normalized spacial score (nSPS) is 14.1. The van der Waals surface area contributed by atoms with Gasteiger partial charge in [0.05, 0.1) is 0 Å². The fourth-order valence-corrected chi connectivity index (χ4v) is 2.38.